The Balaban J connectivity index is 2.42. The van der Waals surface area contributed by atoms with Gasteiger partial charge < -0.3 is 10.2 Å². The molecule has 0 aromatic heterocycles. The predicted molar refractivity (Wildman–Crippen MR) is 110 cm³/mol. The monoisotopic (exact) mass is 344 g/mol. The minimum Gasteiger partial charge on any atom is -0.372 e. The molecular weight excluding hydrogens is 308 g/mol. The lowest BCUT2D eigenvalue weighted by molar-refractivity contribution is -0.116. The van der Waals surface area contributed by atoms with Crippen LogP contribution < -0.4 is 10.2 Å². The average molecular weight is 345 g/mol. The molecule has 0 heterocycles. The van der Waals surface area contributed by atoms with Crippen molar-refractivity contribution in [1.29, 1.82) is 0 Å². The summed E-state index contributed by atoms with van der Waals surface area (Å²) in [6.45, 7) is 10.6. The number of rotatable bonds is 12. The number of amides is 1. The van der Waals surface area contributed by atoms with Crippen LogP contribution >= 0.6 is 0 Å². The molecule has 1 atom stereocenters. The van der Waals surface area contributed by atoms with E-state index in [2.05, 4.69) is 62.2 Å². The second-order valence-corrected chi connectivity index (χ2v) is 6.78. The number of unbranched alkanes of at least 4 members (excludes halogenated alkanes) is 3. The molecule has 0 aliphatic rings. The van der Waals surface area contributed by atoms with E-state index in [1.54, 1.807) is 0 Å². The molecule has 0 spiro atoms. The van der Waals surface area contributed by atoms with Crippen molar-refractivity contribution in [1.82, 2.24) is 0 Å². The van der Waals surface area contributed by atoms with Crippen LogP contribution in [0.1, 0.15) is 66.2 Å². The van der Waals surface area contributed by atoms with Crippen molar-refractivity contribution in [2.75, 3.05) is 23.3 Å². The lowest BCUT2D eigenvalue weighted by Crippen LogP contribution is -2.22. The zero-order valence-electron chi connectivity index (χ0n) is 16.6. The van der Waals surface area contributed by atoms with Crippen molar-refractivity contribution in [3.05, 3.63) is 36.4 Å². The van der Waals surface area contributed by atoms with Gasteiger partial charge in [-0.1, -0.05) is 44.9 Å². The molecule has 1 aromatic carbocycles. The summed E-state index contributed by atoms with van der Waals surface area (Å²) in [6, 6.07) is 8.12. The van der Waals surface area contributed by atoms with Gasteiger partial charge in [-0.15, -0.1) is 0 Å². The van der Waals surface area contributed by atoms with E-state index in [0.717, 1.165) is 37.3 Å². The van der Waals surface area contributed by atoms with Gasteiger partial charge in [-0.2, -0.15) is 0 Å². The average Bonchev–Trinajstić information content (AvgIpc) is 2.59. The molecule has 1 unspecified atom stereocenters. The Hall–Kier alpha value is -1.77. The maximum atomic E-state index is 12.3. The molecule has 1 N–H and O–H groups in total. The first kappa shape index (κ1) is 21.3. The summed E-state index contributed by atoms with van der Waals surface area (Å²) in [4.78, 5) is 14.5. The van der Waals surface area contributed by atoms with Gasteiger partial charge in [0.25, 0.3) is 0 Å². The van der Waals surface area contributed by atoms with Gasteiger partial charge in [0, 0.05) is 30.9 Å². The van der Waals surface area contributed by atoms with Crippen LogP contribution in [0, 0.1) is 5.92 Å². The number of allylic oxidation sites excluding steroid dienone is 2. The molecule has 140 valence electrons. The Labute approximate surface area is 154 Å². The number of carbonyl (C=O) groups excluding carboxylic acids is 1. The van der Waals surface area contributed by atoms with E-state index >= 15 is 0 Å². The molecule has 0 bridgehead atoms. The van der Waals surface area contributed by atoms with Crippen LogP contribution in [0.4, 0.5) is 11.4 Å². The third-order valence-corrected chi connectivity index (χ3v) is 4.47. The fourth-order valence-corrected chi connectivity index (χ4v) is 2.94. The van der Waals surface area contributed by atoms with Crippen LogP contribution in [0.15, 0.2) is 36.4 Å². The molecular formula is C22H36N2O. The van der Waals surface area contributed by atoms with E-state index in [4.69, 9.17) is 0 Å². The van der Waals surface area contributed by atoms with Crippen LogP contribution in [0.3, 0.4) is 0 Å². The summed E-state index contributed by atoms with van der Waals surface area (Å²) in [7, 11) is 0. The van der Waals surface area contributed by atoms with Crippen molar-refractivity contribution >= 4 is 17.3 Å². The van der Waals surface area contributed by atoms with Crippen LogP contribution in [0.2, 0.25) is 0 Å². The van der Waals surface area contributed by atoms with Gasteiger partial charge in [0.2, 0.25) is 5.91 Å². The molecule has 0 fully saturated rings. The van der Waals surface area contributed by atoms with Crippen LogP contribution in [-0.4, -0.2) is 19.0 Å². The van der Waals surface area contributed by atoms with E-state index in [1.165, 1.54) is 19.3 Å². The van der Waals surface area contributed by atoms with Crippen LogP contribution in [0.25, 0.3) is 0 Å². The third kappa shape index (κ3) is 8.76. The minimum absolute atomic E-state index is 0.101. The highest BCUT2D eigenvalue weighted by molar-refractivity contribution is 5.91. The van der Waals surface area contributed by atoms with Gasteiger partial charge in [-0.3, -0.25) is 4.79 Å². The van der Waals surface area contributed by atoms with Gasteiger partial charge in [-0.05, 0) is 57.2 Å². The largest absolute Gasteiger partial charge is 0.372 e. The number of carbonyl (C=O) groups is 1. The fourth-order valence-electron chi connectivity index (χ4n) is 2.94. The zero-order chi connectivity index (χ0) is 18.5. The second kappa shape index (κ2) is 12.6. The number of anilines is 2. The van der Waals surface area contributed by atoms with Gasteiger partial charge in [-0.25, -0.2) is 0 Å². The van der Waals surface area contributed by atoms with Crippen molar-refractivity contribution in [2.24, 2.45) is 5.92 Å². The van der Waals surface area contributed by atoms with Crippen molar-refractivity contribution in [2.45, 2.75) is 66.2 Å². The summed E-state index contributed by atoms with van der Waals surface area (Å²) in [5.41, 5.74) is 2.04. The number of nitrogens with zero attached hydrogens (tertiary/aromatic N) is 1. The lowest BCUT2D eigenvalue weighted by atomic mass is 10.0. The maximum absolute atomic E-state index is 12.3. The normalized spacial score (nSPS) is 12.3. The highest BCUT2D eigenvalue weighted by Gasteiger charge is 2.09. The topological polar surface area (TPSA) is 32.3 Å². The zero-order valence-corrected chi connectivity index (χ0v) is 16.6. The Morgan fingerprint density at radius 2 is 1.92 bits per heavy atom. The maximum Gasteiger partial charge on any atom is 0.224 e. The number of benzene rings is 1. The van der Waals surface area contributed by atoms with E-state index in [-0.39, 0.29) is 5.91 Å². The first-order valence-electron chi connectivity index (χ1n) is 9.90. The SMILES string of the molecule is CCCCC/C=C/CC(C)CC(=O)Nc1cccc(N(CC)CC)c1. The van der Waals surface area contributed by atoms with E-state index in [1.807, 2.05) is 12.1 Å². The Bertz CT molecular complexity index is 521. The lowest BCUT2D eigenvalue weighted by Gasteiger charge is -2.21. The molecule has 0 aliphatic heterocycles. The molecule has 1 amide bonds. The molecule has 0 aliphatic carbocycles. The standard InChI is InChI=1S/C22H36N2O/c1-5-8-9-10-11-12-14-19(4)17-22(25)23-20-15-13-16-21(18-20)24(6-2)7-3/h11-13,15-16,18-19H,5-10,14,17H2,1-4H3,(H,23,25)/b12-11+. The third-order valence-electron chi connectivity index (χ3n) is 4.47. The smallest absolute Gasteiger partial charge is 0.224 e. The molecule has 1 aromatic rings. The molecule has 3 nitrogen and oxygen atoms in total. The highest BCUT2D eigenvalue weighted by atomic mass is 16.1. The van der Waals surface area contributed by atoms with Crippen molar-refractivity contribution < 1.29 is 4.79 Å². The first-order chi connectivity index (χ1) is 12.1. The molecule has 3 heteroatoms. The second-order valence-electron chi connectivity index (χ2n) is 6.78. The number of nitrogens with one attached hydrogen (secondary N) is 1. The Kier molecular flexibility index (Phi) is 10.7. The number of hydrogen-bond donors (Lipinski definition) is 1. The van der Waals surface area contributed by atoms with Gasteiger partial charge in [0.05, 0.1) is 0 Å². The van der Waals surface area contributed by atoms with E-state index < -0.39 is 0 Å². The minimum atomic E-state index is 0.101. The summed E-state index contributed by atoms with van der Waals surface area (Å²) >= 11 is 0. The van der Waals surface area contributed by atoms with Gasteiger partial charge in [0.1, 0.15) is 0 Å². The molecule has 0 saturated carbocycles. The fraction of sp³-hybridized carbons (Fsp3) is 0.591. The van der Waals surface area contributed by atoms with Gasteiger partial charge in [0.15, 0.2) is 0 Å². The summed E-state index contributed by atoms with van der Waals surface area (Å²) in [5.74, 6) is 0.469. The Morgan fingerprint density at radius 3 is 2.60 bits per heavy atom. The van der Waals surface area contributed by atoms with E-state index in [0.29, 0.717) is 12.3 Å². The first-order valence-corrected chi connectivity index (χ1v) is 9.90. The molecule has 25 heavy (non-hydrogen) atoms. The summed E-state index contributed by atoms with van der Waals surface area (Å²) < 4.78 is 0. The molecule has 1 rings (SSSR count). The van der Waals surface area contributed by atoms with E-state index in [9.17, 15) is 4.79 Å². The molecule has 0 radical (unpaired) electrons. The summed E-state index contributed by atoms with van der Waals surface area (Å²) in [6.07, 6.45) is 11.0. The van der Waals surface area contributed by atoms with Crippen LogP contribution in [-0.2, 0) is 4.79 Å². The van der Waals surface area contributed by atoms with Gasteiger partial charge >= 0.3 is 0 Å². The predicted octanol–water partition coefficient (Wildman–Crippen LogP) is 6.02. The van der Waals surface area contributed by atoms with Crippen LogP contribution in [0.5, 0.6) is 0 Å². The quantitative estimate of drug-likeness (QED) is 0.371. The summed E-state index contributed by atoms with van der Waals surface area (Å²) in [5, 5.41) is 3.04. The Morgan fingerprint density at radius 1 is 1.16 bits per heavy atom. The van der Waals surface area contributed by atoms with Crippen molar-refractivity contribution in [3.8, 4) is 0 Å². The molecule has 0 saturated heterocycles. The van der Waals surface area contributed by atoms with Crippen molar-refractivity contribution in [3.63, 3.8) is 0 Å². The number of hydrogen-bond acceptors (Lipinski definition) is 2. The highest BCUT2D eigenvalue weighted by Crippen LogP contribution is 2.20.